The number of nitriles is 1. The number of rotatable bonds is 7. The number of nitrogens with zero attached hydrogens (tertiary/aromatic N) is 1. The van der Waals surface area contributed by atoms with Gasteiger partial charge in [0.05, 0.1) is 0 Å². The van der Waals surface area contributed by atoms with Crippen LogP contribution in [-0.4, -0.2) is 13.2 Å². The molecular formula is C15H20N2O. The second-order valence-electron chi connectivity index (χ2n) is 5.05. The van der Waals surface area contributed by atoms with Crippen molar-refractivity contribution in [2.75, 3.05) is 13.2 Å². The van der Waals surface area contributed by atoms with Gasteiger partial charge in [0, 0.05) is 13.1 Å². The molecule has 1 aromatic rings. The van der Waals surface area contributed by atoms with E-state index >= 15 is 0 Å². The van der Waals surface area contributed by atoms with Crippen molar-refractivity contribution >= 4 is 0 Å². The van der Waals surface area contributed by atoms with E-state index in [9.17, 15) is 0 Å². The zero-order valence-electron chi connectivity index (χ0n) is 10.9. The minimum atomic E-state index is 0.107. The van der Waals surface area contributed by atoms with Crippen LogP contribution in [0, 0.1) is 16.7 Å². The Kier molecular flexibility index (Phi) is 4.22. The van der Waals surface area contributed by atoms with Gasteiger partial charge in [-0.1, -0.05) is 19.1 Å². The molecule has 0 bridgehead atoms. The van der Waals surface area contributed by atoms with Crippen molar-refractivity contribution in [1.29, 1.82) is 5.26 Å². The van der Waals surface area contributed by atoms with E-state index in [4.69, 9.17) is 10.00 Å². The molecule has 1 fully saturated rings. The van der Waals surface area contributed by atoms with E-state index < -0.39 is 0 Å². The molecule has 0 heterocycles. The lowest BCUT2D eigenvalue weighted by molar-refractivity contribution is 0.367. The lowest BCUT2D eigenvalue weighted by Gasteiger charge is -2.13. The topological polar surface area (TPSA) is 45.0 Å². The van der Waals surface area contributed by atoms with E-state index in [-0.39, 0.29) is 6.61 Å². The molecule has 0 aliphatic heterocycles. The predicted molar refractivity (Wildman–Crippen MR) is 71.2 cm³/mol. The van der Waals surface area contributed by atoms with Crippen LogP contribution in [-0.2, 0) is 6.54 Å². The largest absolute Gasteiger partial charge is 0.479 e. The first-order valence-corrected chi connectivity index (χ1v) is 6.57. The molecule has 2 rings (SSSR count). The van der Waals surface area contributed by atoms with Gasteiger partial charge in [-0.3, -0.25) is 0 Å². The summed E-state index contributed by atoms with van der Waals surface area (Å²) >= 11 is 0. The first-order chi connectivity index (χ1) is 8.78. The molecule has 1 aromatic carbocycles. The molecule has 0 spiro atoms. The highest BCUT2D eigenvalue weighted by Crippen LogP contribution is 2.47. The summed E-state index contributed by atoms with van der Waals surface area (Å²) in [6.07, 6.45) is 4.00. The maximum atomic E-state index is 8.47. The summed E-state index contributed by atoms with van der Waals surface area (Å²) in [5, 5.41) is 12.0. The summed E-state index contributed by atoms with van der Waals surface area (Å²) in [6, 6.07) is 9.91. The van der Waals surface area contributed by atoms with E-state index in [1.54, 1.807) is 0 Å². The molecule has 1 aliphatic rings. The summed E-state index contributed by atoms with van der Waals surface area (Å²) in [4.78, 5) is 0. The molecule has 0 saturated heterocycles. The van der Waals surface area contributed by atoms with Gasteiger partial charge in [-0.05, 0) is 42.4 Å². The van der Waals surface area contributed by atoms with Crippen molar-refractivity contribution in [3.05, 3.63) is 29.8 Å². The molecule has 3 heteroatoms. The third-order valence-corrected chi connectivity index (χ3v) is 3.74. The predicted octanol–water partition coefficient (Wildman–Crippen LogP) is 2.87. The maximum absolute atomic E-state index is 8.47. The summed E-state index contributed by atoms with van der Waals surface area (Å²) < 4.78 is 5.29. The van der Waals surface area contributed by atoms with Crippen molar-refractivity contribution in [2.24, 2.45) is 5.41 Å². The second kappa shape index (κ2) is 5.88. The molecule has 96 valence electrons. The quantitative estimate of drug-likeness (QED) is 0.802. The summed E-state index contributed by atoms with van der Waals surface area (Å²) in [5.41, 5.74) is 1.78. The van der Waals surface area contributed by atoms with Crippen LogP contribution in [0.4, 0.5) is 0 Å². The fourth-order valence-corrected chi connectivity index (χ4v) is 2.16. The number of benzene rings is 1. The van der Waals surface area contributed by atoms with Crippen LogP contribution in [0.15, 0.2) is 24.3 Å². The monoisotopic (exact) mass is 244 g/mol. The van der Waals surface area contributed by atoms with E-state index in [0.29, 0.717) is 5.41 Å². The van der Waals surface area contributed by atoms with E-state index in [0.717, 1.165) is 18.8 Å². The molecule has 0 radical (unpaired) electrons. The smallest absolute Gasteiger partial charge is 0.174 e. The Morgan fingerprint density at radius 2 is 2.28 bits per heavy atom. The third-order valence-electron chi connectivity index (χ3n) is 3.74. The second-order valence-corrected chi connectivity index (χ2v) is 5.05. The minimum Gasteiger partial charge on any atom is -0.479 e. The molecule has 18 heavy (non-hydrogen) atoms. The molecule has 1 N–H and O–H groups in total. The normalized spacial score (nSPS) is 16.0. The average Bonchev–Trinajstić information content (AvgIpc) is 3.17. The summed E-state index contributed by atoms with van der Waals surface area (Å²) in [5.74, 6) is 0.771. The van der Waals surface area contributed by atoms with Gasteiger partial charge >= 0.3 is 0 Å². The van der Waals surface area contributed by atoms with E-state index in [1.165, 1.54) is 24.8 Å². The SMILES string of the molecule is CCC1(CNCc2cccc(OCC#N)c2)CC1. The zero-order valence-corrected chi connectivity index (χ0v) is 10.9. The van der Waals surface area contributed by atoms with Gasteiger partial charge < -0.3 is 10.1 Å². The zero-order chi connectivity index (χ0) is 12.8. The van der Waals surface area contributed by atoms with E-state index in [2.05, 4.69) is 18.3 Å². The van der Waals surface area contributed by atoms with E-state index in [1.807, 2.05) is 24.3 Å². The van der Waals surface area contributed by atoms with Crippen LogP contribution >= 0.6 is 0 Å². The lowest BCUT2D eigenvalue weighted by atomic mass is 10.0. The van der Waals surface area contributed by atoms with Crippen LogP contribution in [0.3, 0.4) is 0 Å². The summed E-state index contributed by atoms with van der Waals surface area (Å²) in [7, 11) is 0. The standard InChI is InChI=1S/C15H20N2O/c1-2-15(6-7-15)12-17-11-13-4-3-5-14(10-13)18-9-8-16/h3-5,10,17H,2,6-7,9,11-12H2,1H3. The highest BCUT2D eigenvalue weighted by molar-refractivity contribution is 5.28. The number of ether oxygens (including phenoxy) is 1. The van der Waals surface area contributed by atoms with Crippen LogP contribution in [0.2, 0.25) is 0 Å². The van der Waals surface area contributed by atoms with Crippen LogP contribution in [0.1, 0.15) is 31.7 Å². The minimum absolute atomic E-state index is 0.107. The summed E-state index contributed by atoms with van der Waals surface area (Å²) in [6.45, 7) is 4.35. The fourth-order valence-electron chi connectivity index (χ4n) is 2.16. The average molecular weight is 244 g/mol. The number of nitrogens with one attached hydrogen (secondary N) is 1. The maximum Gasteiger partial charge on any atom is 0.174 e. The molecular weight excluding hydrogens is 224 g/mol. The van der Waals surface area contributed by atoms with Crippen LogP contribution < -0.4 is 10.1 Å². The molecule has 0 amide bonds. The van der Waals surface area contributed by atoms with Crippen molar-refractivity contribution < 1.29 is 4.74 Å². The highest BCUT2D eigenvalue weighted by Gasteiger charge is 2.39. The third kappa shape index (κ3) is 3.48. The Hall–Kier alpha value is -1.53. The van der Waals surface area contributed by atoms with Gasteiger partial charge in [-0.2, -0.15) is 5.26 Å². The molecule has 0 atom stereocenters. The van der Waals surface area contributed by atoms with Gasteiger partial charge in [-0.15, -0.1) is 0 Å². The molecule has 1 saturated carbocycles. The first kappa shape index (κ1) is 12.9. The van der Waals surface area contributed by atoms with Crippen molar-refractivity contribution in [3.63, 3.8) is 0 Å². The van der Waals surface area contributed by atoms with Crippen molar-refractivity contribution in [1.82, 2.24) is 5.32 Å². The fraction of sp³-hybridized carbons (Fsp3) is 0.533. The number of hydrogen-bond acceptors (Lipinski definition) is 3. The van der Waals surface area contributed by atoms with Gasteiger partial charge in [-0.25, -0.2) is 0 Å². The molecule has 1 aliphatic carbocycles. The number of hydrogen-bond donors (Lipinski definition) is 1. The molecule has 3 nitrogen and oxygen atoms in total. The van der Waals surface area contributed by atoms with Gasteiger partial charge in [0.15, 0.2) is 6.61 Å². The molecule has 0 aromatic heterocycles. The Labute approximate surface area is 109 Å². The van der Waals surface area contributed by atoms with Gasteiger partial charge in [0.2, 0.25) is 0 Å². The Morgan fingerprint density at radius 3 is 2.94 bits per heavy atom. The van der Waals surface area contributed by atoms with Crippen LogP contribution in [0.25, 0.3) is 0 Å². The van der Waals surface area contributed by atoms with Crippen molar-refractivity contribution in [3.8, 4) is 11.8 Å². The first-order valence-electron chi connectivity index (χ1n) is 6.57. The Morgan fingerprint density at radius 1 is 1.44 bits per heavy atom. The molecule has 0 unspecified atom stereocenters. The Bertz CT molecular complexity index is 432. The van der Waals surface area contributed by atoms with Gasteiger partial charge in [0.25, 0.3) is 0 Å². The Balaban J connectivity index is 1.80. The highest BCUT2D eigenvalue weighted by atomic mass is 16.5. The van der Waals surface area contributed by atoms with Crippen molar-refractivity contribution in [2.45, 2.75) is 32.7 Å². The lowest BCUT2D eigenvalue weighted by Crippen LogP contribution is -2.23. The van der Waals surface area contributed by atoms with Gasteiger partial charge in [0.1, 0.15) is 11.8 Å². The van der Waals surface area contributed by atoms with Crippen LogP contribution in [0.5, 0.6) is 5.75 Å².